The Hall–Kier alpha value is -1.43. The minimum Gasteiger partial charge on any atom is -0.465 e. The first-order valence-electron chi connectivity index (χ1n) is 7.26. The number of carbonyl (C=O) groups excluding carboxylic acids is 3. The van der Waals surface area contributed by atoms with Crippen molar-refractivity contribution in [2.75, 3.05) is 13.2 Å². The highest BCUT2D eigenvalue weighted by Gasteiger charge is 2.60. The van der Waals surface area contributed by atoms with Gasteiger partial charge in [0.05, 0.1) is 25.0 Å². The molecule has 6 nitrogen and oxygen atoms in total. The summed E-state index contributed by atoms with van der Waals surface area (Å²) in [6.45, 7) is 3.82. The Morgan fingerprint density at radius 1 is 1.35 bits per heavy atom. The molecule has 110 valence electrons. The Bertz CT molecular complexity index is 454. The van der Waals surface area contributed by atoms with Gasteiger partial charge >= 0.3 is 5.97 Å². The number of carbonyl (C=O) groups is 3. The second-order valence-electron chi connectivity index (χ2n) is 6.18. The van der Waals surface area contributed by atoms with E-state index in [-0.39, 0.29) is 42.8 Å². The molecule has 3 aliphatic rings. The lowest BCUT2D eigenvalue weighted by Gasteiger charge is -2.32. The molecular weight excluding hydrogens is 260 g/mol. The molecule has 0 radical (unpaired) electrons. The molecule has 2 aliphatic carbocycles. The Kier molecular flexibility index (Phi) is 3.08. The zero-order valence-electron chi connectivity index (χ0n) is 11.8. The number of likely N-dealkylation sites (tertiary alicyclic amines) is 1. The van der Waals surface area contributed by atoms with Crippen LogP contribution >= 0.6 is 0 Å². The summed E-state index contributed by atoms with van der Waals surface area (Å²) in [5.74, 6) is -0.918. The number of hydrogen-bond acceptors (Lipinski definition) is 5. The molecule has 1 N–H and O–H groups in total. The average molecular weight is 280 g/mol. The molecule has 3 fully saturated rings. The SMILES string of the molecule is CCOC(=O)C(C)(CN1C(=O)C2CC2C1=O)NC1CC1. The van der Waals surface area contributed by atoms with Crippen molar-refractivity contribution >= 4 is 17.8 Å². The number of nitrogens with zero attached hydrogens (tertiary/aromatic N) is 1. The van der Waals surface area contributed by atoms with Gasteiger partial charge in [-0.05, 0) is 33.1 Å². The molecule has 1 saturated heterocycles. The Morgan fingerprint density at radius 2 is 1.95 bits per heavy atom. The number of esters is 1. The van der Waals surface area contributed by atoms with Crippen molar-refractivity contribution in [3.05, 3.63) is 0 Å². The molecule has 3 rings (SSSR count). The van der Waals surface area contributed by atoms with Crippen LogP contribution in [0.5, 0.6) is 0 Å². The number of piperidine rings is 1. The standard InChI is InChI=1S/C14H20N2O4/c1-3-20-13(19)14(2,15-8-4-5-8)7-16-11(17)9-6-10(9)12(16)18/h8-10,15H,3-7H2,1-2H3. The fourth-order valence-electron chi connectivity index (χ4n) is 2.86. The van der Waals surface area contributed by atoms with E-state index in [9.17, 15) is 14.4 Å². The van der Waals surface area contributed by atoms with E-state index in [1.165, 1.54) is 4.90 Å². The van der Waals surface area contributed by atoms with Gasteiger partial charge in [-0.2, -0.15) is 0 Å². The summed E-state index contributed by atoms with van der Waals surface area (Å²) in [6, 6.07) is 0.284. The normalized spacial score (nSPS) is 31.0. The molecule has 0 aromatic rings. The lowest BCUT2D eigenvalue weighted by Crippen LogP contribution is -2.59. The summed E-state index contributed by atoms with van der Waals surface area (Å²) < 4.78 is 5.10. The molecule has 6 heteroatoms. The van der Waals surface area contributed by atoms with Crippen molar-refractivity contribution in [2.45, 2.75) is 44.7 Å². The number of amides is 2. The van der Waals surface area contributed by atoms with Gasteiger partial charge in [-0.1, -0.05) is 0 Å². The number of rotatable bonds is 6. The predicted octanol–water partition coefficient (Wildman–Crippen LogP) is 0.0651. The summed E-state index contributed by atoms with van der Waals surface area (Å²) >= 11 is 0. The van der Waals surface area contributed by atoms with Crippen LogP contribution in [-0.4, -0.2) is 47.4 Å². The molecule has 0 aromatic carbocycles. The zero-order valence-corrected chi connectivity index (χ0v) is 11.8. The quantitative estimate of drug-likeness (QED) is 0.550. The largest absolute Gasteiger partial charge is 0.465 e. The maximum Gasteiger partial charge on any atom is 0.327 e. The molecule has 2 saturated carbocycles. The first-order chi connectivity index (χ1) is 9.46. The van der Waals surface area contributed by atoms with Crippen LogP contribution in [0.4, 0.5) is 0 Å². The van der Waals surface area contributed by atoms with E-state index in [1.54, 1.807) is 13.8 Å². The van der Waals surface area contributed by atoms with Crippen LogP contribution < -0.4 is 5.32 Å². The van der Waals surface area contributed by atoms with Crippen molar-refractivity contribution in [2.24, 2.45) is 11.8 Å². The summed E-state index contributed by atoms with van der Waals surface area (Å²) in [7, 11) is 0. The van der Waals surface area contributed by atoms with E-state index in [0.29, 0.717) is 6.42 Å². The van der Waals surface area contributed by atoms with Gasteiger partial charge in [-0.15, -0.1) is 0 Å². The maximum atomic E-state index is 12.2. The third-order valence-electron chi connectivity index (χ3n) is 4.26. The molecule has 3 unspecified atom stereocenters. The highest BCUT2D eigenvalue weighted by molar-refractivity contribution is 6.09. The monoisotopic (exact) mass is 280 g/mol. The van der Waals surface area contributed by atoms with E-state index in [0.717, 1.165) is 12.8 Å². The molecule has 0 spiro atoms. The Labute approximate surface area is 117 Å². The first-order valence-corrected chi connectivity index (χ1v) is 7.26. The van der Waals surface area contributed by atoms with Gasteiger partial charge < -0.3 is 4.74 Å². The van der Waals surface area contributed by atoms with Gasteiger partial charge in [0.2, 0.25) is 11.8 Å². The van der Waals surface area contributed by atoms with Gasteiger partial charge in [0.15, 0.2) is 0 Å². The summed E-state index contributed by atoms with van der Waals surface area (Å²) in [6.07, 6.45) is 2.71. The summed E-state index contributed by atoms with van der Waals surface area (Å²) in [5, 5.41) is 3.23. The minimum absolute atomic E-state index is 0.0764. The van der Waals surface area contributed by atoms with Crippen LogP contribution in [0.3, 0.4) is 0 Å². The topological polar surface area (TPSA) is 75.7 Å². The van der Waals surface area contributed by atoms with E-state index < -0.39 is 11.5 Å². The lowest BCUT2D eigenvalue weighted by molar-refractivity contribution is -0.153. The van der Waals surface area contributed by atoms with Crippen molar-refractivity contribution in [1.29, 1.82) is 0 Å². The number of fused-ring (bicyclic) bond motifs is 1. The van der Waals surface area contributed by atoms with Gasteiger partial charge in [-0.25, -0.2) is 4.79 Å². The van der Waals surface area contributed by atoms with E-state index >= 15 is 0 Å². The second-order valence-corrected chi connectivity index (χ2v) is 6.18. The molecule has 20 heavy (non-hydrogen) atoms. The Morgan fingerprint density at radius 3 is 2.45 bits per heavy atom. The third kappa shape index (κ3) is 2.22. The van der Waals surface area contributed by atoms with Crippen LogP contribution in [0.25, 0.3) is 0 Å². The predicted molar refractivity (Wildman–Crippen MR) is 69.5 cm³/mol. The molecular formula is C14H20N2O4. The van der Waals surface area contributed by atoms with E-state index in [4.69, 9.17) is 4.74 Å². The van der Waals surface area contributed by atoms with Gasteiger partial charge in [0, 0.05) is 6.04 Å². The van der Waals surface area contributed by atoms with Crippen molar-refractivity contribution in [3.63, 3.8) is 0 Å². The van der Waals surface area contributed by atoms with Crippen LogP contribution in [0.15, 0.2) is 0 Å². The lowest BCUT2D eigenvalue weighted by atomic mass is 10.0. The third-order valence-corrected chi connectivity index (χ3v) is 4.26. The van der Waals surface area contributed by atoms with Gasteiger partial charge in [-0.3, -0.25) is 19.8 Å². The maximum absolute atomic E-state index is 12.2. The van der Waals surface area contributed by atoms with Crippen molar-refractivity contribution < 1.29 is 19.1 Å². The summed E-state index contributed by atoms with van der Waals surface area (Å²) in [5.41, 5.74) is -1.00. The number of imide groups is 1. The van der Waals surface area contributed by atoms with Gasteiger partial charge in [0.25, 0.3) is 0 Å². The van der Waals surface area contributed by atoms with E-state index in [2.05, 4.69) is 5.32 Å². The number of nitrogens with one attached hydrogen (secondary N) is 1. The van der Waals surface area contributed by atoms with E-state index in [1.807, 2.05) is 0 Å². The van der Waals surface area contributed by atoms with Crippen LogP contribution in [0, 0.1) is 11.8 Å². The summed E-state index contributed by atoms with van der Waals surface area (Å²) in [4.78, 5) is 37.5. The fourth-order valence-corrected chi connectivity index (χ4v) is 2.86. The molecule has 1 heterocycles. The zero-order chi connectivity index (χ0) is 14.5. The van der Waals surface area contributed by atoms with Crippen molar-refractivity contribution in [1.82, 2.24) is 10.2 Å². The highest BCUT2D eigenvalue weighted by Crippen LogP contribution is 2.47. The Balaban J connectivity index is 1.73. The van der Waals surface area contributed by atoms with Crippen LogP contribution in [0.2, 0.25) is 0 Å². The van der Waals surface area contributed by atoms with Gasteiger partial charge in [0.1, 0.15) is 5.54 Å². The van der Waals surface area contributed by atoms with Crippen molar-refractivity contribution in [3.8, 4) is 0 Å². The molecule has 1 aliphatic heterocycles. The number of ether oxygens (including phenoxy) is 1. The average Bonchev–Trinajstić information content (AvgIpc) is 3.27. The fraction of sp³-hybridized carbons (Fsp3) is 0.786. The molecule has 0 aromatic heterocycles. The minimum atomic E-state index is -1.00. The second kappa shape index (κ2) is 4.55. The number of hydrogen-bond donors (Lipinski definition) is 1. The molecule has 3 atom stereocenters. The van der Waals surface area contributed by atoms with Crippen LogP contribution in [0.1, 0.15) is 33.1 Å². The molecule has 2 amide bonds. The first kappa shape index (κ1) is 13.5. The van der Waals surface area contributed by atoms with Crippen LogP contribution in [-0.2, 0) is 19.1 Å². The molecule has 0 bridgehead atoms. The smallest absolute Gasteiger partial charge is 0.327 e. The highest BCUT2D eigenvalue weighted by atomic mass is 16.5.